The minimum atomic E-state index is -1.94. The summed E-state index contributed by atoms with van der Waals surface area (Å²) in [5.74, 6) is -1.01. The Labute approximate surface area is 202 Å². The molecule has 7 nitrogen and oxygen atoms in total. The van der Waals surface area contributed by atoms with E-state index in [0.717, 1.165) is 6.07 Å². The van der Waals surface area contributed by atoms with Gasteiger partial charge in [-0.05, 0) is 29.8 Å². The molecule has 0 radical (unpaired) electrons. The van der Waals surface area contributed by atoms with E-state index in [4.69, 9.17) is 26.2 Å². The van der Waals surface area contributed by atoms with E-state index in [1.54, 1.807) is 18.3 Å². The molecule has 1 atom stereocenters. The molecule has 1 aliphatic heterocycles. The Morgan fingerprint density at radius 2 is 2.00 bits per heavy atom. The molecule has 0 spiro atoms. The van der Waals surface area contributed by atoms with Crippen molar-refractivity contribution in [3.63, 3.8) is 0 Å². The molecule has 0 amide bonds. The highest BCUT2D eigenvalue weighted by Crippen LogP contribution is 2.41. The van der Waals surface area contributed by atoms with Crippen LogP contribution in [0.15, 0.2) is 59.9 Å². The van der Waals surface area contributed by atoms with Crippen LogP contribution < -0.4 is 10.1 Å². The molecule has 3 N–H and O–H groups in total. The van der Waals surface area contributed by atoms with Gasteiger partial charge in [-0.15, -0.1) is 0 Å². The van der Waals surface area contributed by atoms with Crippen LogP contribution in [0.5, 0.6) is 11.5 Å². The molecule has 0 saturated heterocycles. The number of hydrogen-bond donors (Lipinski definition) is 3. The Morgan fingerprint density at radius 3 is 2.69 bits per heavy atom. The summed E-state index contributed by atoms with van der Waals surface area (Å²) in [6, 6.07) is 9.95. The van der Waals surface area contributed by atoms with Crippen LogP contribution in [0.1, 0.15) is 0 Å². The first-order valence-electron chi connectivity index (χ1n) is 10.5. The fraction of sp³-hybridized carbons (Fsp3) is 0.167. The molecule has 11 heteroatoms. The van der Waals surface area contributed by atoms with Gasteiger partial charge >= 0.3 is 0 Å². The molecule has 2 aromatic carbocycles. The van der Waals surface area contributed by atoms with E-state index >= 15 is 0 Å². The Balaban J connectivity index is 1.43. The van der Waals surface area contributed by atoms with Gasteiger partial charge in [-0.3, -0.25) is 0 Å². The number of nitrogens with one attached hydrogen (secondary N) is 2. The molecule has 4 aromatic rings. The summed E-state index contributed by atoms with van der Waals surface area (Å²) in [7, 11) is 0. The van der Waals surface area contributed by atoms with Gasteiger partial charge in [-0.1, -0.05) is 23.7 Å². The first-order chi connectivity index (χ1) is 16.8. The van der Waals surface area contributed by atoms with Gasteiger partial charge < -0.3 is 24.9 Å². The van der Waals surface area contributed by atoms with E-state index < -0.39 is 18.1 Å². The van der Waals surface area contributed by atoms with Crippen molar-refractivity contribution in [2.24, 2.45) is 4.99 Å². The first kappa shape index (κ1) is 23.0. The van der Waals surface area contributed by atoms with Crippen molar-refractivity contribution < 1.29 is 27.8 Å². The average Bonchev–Trinajstić information content (AvgIpc) is 3.29. The van der Waals surface area contributed by atoms with Gasteiger partial charge in [0.25, 0.3) is 6.02 Å². The molecule has 0 aliphatic carbocycles. The van der Waals surface area contributed by atoms with E-state index in [-0.39, 0.29) is 41.5 Å². The smallest absolute Gasteiger partial charge is 0.289 e. The highest BCUT2D eigenvalue weighted by atomic mass is 35.5. The van der Waals surface area contributed by atoms with E-state index in [1.165, 1.54) is 30.5 Å². The van der Waals surface area contributed by atoms with Gasteiger partial charge in [0, 0.05) is 23.5 Å². The first-order valence-corrected chi connectivity index (χ1v) is 10.9. The molecule has 1 aliphatic rings. The second-order valence-corrected chi connectivity index (χ2v) is 8.37. The summed E-state index contributed by atoms with van der Waals surface area (Å²) in [5, 5.41) is 12.5. The number of benzene rings is 2. The number of H-pyrrole nitrogens is 1. The Hall–Kier alpha value is -3.76. The Morgan fingerprint density at radius 1 is 1.20 bits per heavy atom. The number of anilines is 1. The largest absolute Gasteiger partial charge is 0.461 e. The van der Waals surface area contributed by atoms with Gasteiger partial charge in [0.15, 0.2) is 23.0 Å². The summed E-state index contributed by atoms with van der Waals surface area (Å²) < 4.78 is 53.4. The average molecular weight is 503 g/mol. The number of pyridine rings is 1. The van der Waals surface area contributed by atoms with Crippen LogP contribution in [0, 0.1) is 11.6 Å². The maximum Gasteiger partial charge on any atom is 0.289 e. The number of fused-ring (bicyclic) bond motifs is 1. The lowest BCUT2D eigenvalue weighted by Crippen LogP contribution is -2.43. The van der Waals surface area contributed by atoms with Gasteiger partial charge in [0.05, 0.1) is 24.7 Å². The summed E-state index contributed by atoms with van der Waals surface area (Å²) >= 11 is 6.37. The second kappa shape index (κ2) is 9.12. The van der Waals surface area contributed by atoms with Crippen molar-refractivity contribution >= 4 is 34.3 Å². The SMILES string of the molecule is OCC1(F)CN=C(Nc2ccc(Oc3c(Cl)cnc4[nH]cc(-c5ccc(F)cc5)c34)c(F)c2)OC1. The fourth-order valence-electron chi connectivity index (χ4n) is 3.57. The molecule has 3 heterocycles. The van der Waals surface area contributed by atoms with Crippen LogP contribution in [0.2, 0.25) is 5.02 Å². The number of aromatic amines is 1. The number of amidine groups is 1. The third-order valence-electron chi connectivity index (χ3n) is 5.42. The number of nitrogens with zero attached hydrogens (tertiary/aromatic N) is 2. The van der Waals surface area contributed by atoms with E-state index in [2.05, 4.69) is 20.3 Å². The predicted octanol–water partition coefficient (Wildman–Crippen LogP) is 5.45. The van der Waals surface area contributed by atoms with Crippen LogP contribution in [0.25, 0.3) is 22.2 Å². The lowest BCUT2D eigenvalue weighted by atomic mass is 10.1. The molecule has 1 unspecified atom stereocenters. The van der Waals surface area contributed by atoms with Crippen molar-refractivity contribution in [1.82, 2.24) is 9.97 Å². The minimum Gasteiger partial charge on any atom is -0.461 e. The predicted molar refractivity (Wildman–Crippen MR) is 126 cm³/mol. The van der Waals surface area contributed by atoms with Gasteiger partial charge in [-0.2, -0.15) is 0 Å². The van der Waals surface area contributed by atoms with Crippen LogP contribution in [0.4, 0.5) is 18.9 Å². The number of aliphatic hydroxyl groups is 1. The van der Waals surface area contributed by atoms with Crippen LogP contribution in [-0.2, 0) is 4.74 Å². The maximum atomic E-state index is 14.9. The Kier molecular flexibility index (Phi) is 6.00. The number of rotatable bonds is 5. The van der Waals surface area contributed by atoms with E-state index in [0.29, 0.717) is 27.8 Å². The number of halogens is 4. The zero-order valence-corrected chi connectivity index (χ0v) is 18.7. The number of aromatic nitrogens is 2. The second-order valence-electron chi connectivity index (χ2n) is 7.96. The molecule has 180 valence electrons. The minimum absolute atomic E-state index is 0.00921. The lowest BCUT2D eigenvalue weighted by molar-refractivity contribution is 0.0181. The monoisotopic (exact) mass is 502 g/mol. The maximum absolute atomic E-state index is 14.9. The third-order valence-corrected chi connectivity index (χ3v) is 5.69. The number of aliphatic hydroxyl groups excluding tert-OH is 1. The number of alkyl halides is 1. The topological polar surface area (TPSA) is 91.8 Å². The molecule has 0 bridgehead atoms. The van der Waals surface area contributed by atoms with Crippen LogP contribution in [0.3, 0.4) is 0 Å². The number of ether oxygens (including phenoxy) is 2. The van der Waals surface area contributed by atoms with Crippen LogP contribution >= 0.6 is 11.6 Å². The van der Waals surface area contributed by atoms with Crippen LogP contribution in [-0.4, -0.2) is 46.5 Å². The van der Waals surface area contributed by atoms with E-state index in [9.17, 15) is 13.2 Å². The summed E-state index contributed by atoms with van der Waals surface area (Å²) in [6.45, 7) is -1.36. The van der Waals surface area contributed by atoms with E-state index in [1.807, 2.05) is 0 Å². The summed E-state index contributed by atoms with van der Waals surface area (Å²) in [6.07, 6.45) is 3.07. The molecule has 35 heavy (non-hydrogen) atoms. The van der Waals surface area contributed by atoms with Crippen molar-refractivity contribution in [2.45, 2.75) is 5.67 Å². The summed E-state index contributed by atoms with van der Waals surface area (Å²) in [5.41, 5.74) is 0.167. The third kappa shape index (κ3) is 4.62. The number of aliphatic imine (C=N–C) groups is 1. The Bertz CT molecular complexity index is 1430. The van der Waals surface area contributed by atoms with Gasteiger partial charge in [0.1, 0.15) is 23.1 Å². The van der Waals surface area contributed by atoms with Crippen molar-refractivity contribution in [1.29, 1.82) is 0 Å². The zero-order valence-electron chi connectivity index (χ0n) is 18.0. The van der Waals surface area contributed by atoms with Crippen molar-refractivity contribution in [3.8, 4) is 22.6 Å². The van der Waals surface area contributed by atoms with Gasteiger partial charge in [-0.25, -0.2) is 23.1 Å². The quantitative estimate of drug-likeness (QED) is 0.337. The lowest BCUT2D eigenvalue weighted by Gasteiger charge is -2.26. The highest BCUT2D eigenvalue weighted by Gasteiger charge is 2.34. The zero-order chi connectivity index (χ0) is 24.6. The number of hydrogen-bond acceptors (Lipinski definition) is 6. The van der Waals surface area contributed by atoms with Crippen molar-refractivity contribution in [2.75, 3.05) is 25.1 Å². The molecule has 2 aromatic heterocycles. The molecule has 0 saturated carbocycles. The van der Waals surface area contributed by atoms with Crippen molar-refractivity contribution in [3.05, 3.63) is 71.5 Å². The molecular formula is C24H18ClF3N4O3. The summed E-state index contributed by atoms with van der Waals surface area (Å²) in [4.78, 5) is 11.2. The highest BCUT2D eigenvalue weighted by molar-refractivity contribution is 6.33. The molecular weight excluding hydrogens is 485 g/mol. The molecule has 5 rings (SSSR count). The fourth-order valence-corrected chi connectivity index (χ4v) is 3.75. The van der Waals surface area contributed by atoms with Gasteiger partial charge in [0.2, 0.25) is 0 Å². The standard InChI is InChI=1S/C24H18ClF3N4O3/c25-17-9-30-22-20(16(8-29-22)13-1-3-14(26)4-2-13)21(17)35-19-6-5-15(7-18(19)27)32-23-31-10-24(28,11-33)12-34-23/h1-9,33H,10-12H2,(H,29,30)(H,31,32). The molecule has 0 fully saturated rings. The normalized spacial score (nSPS) is 17.7.